The molecule has 1 unspecified atom stereocenters. The second kappa shape index (κ2) is 5.96. The summed E-state index contributed by atoms with van der Waals surface area (Å²) in [7, 11) is 0. The van der Waals surface area contributed by atoms with Crippen molar-refractivity contribution in [3.05, 3.63) is 29.8 Å². The van der Waals surface area contributed by atoms with E-state index in [9.17, 15) is 0 Å². The molecule has 1 aromatic rings. The van der Waals surface area contributed by atoms with Crippen LogP contribution in [0.25, 0.3) is 0 Å². The fourth-order valence-corrected chi connectivity index (χ4v) is 3.28. The first-order chi connectivity index (χ1) is 9.15. The molecule has 0 aromatic heterocycles. The van der Waals surface area contributed by atoms with Crippen molar-refractivity contribution in [2.75, 3.05) is 18.0 Å². The van der Waals surface area contributed by atoms with E-state index in [1.165, 1.54) is 43.6 Å². The largest absolute Gasteiger partial charge is 0.371 e. The molecule has 0 bridgehead atoms. The molecule has 0 amide bonds. The van der Waals surface area contributed by atoms with E-state index >= 15 is 0 Å². The van der Waals surface area contributed by atoms with Crippen molar-refractivity contribution in [3.63, 3.8) is 0 Å². The maximum Gasteiger partial charge on any atom is 0.0414 e. The summed E-state index contributed by atoms with van der Waals surface area (Å²) in [4.78, 5) is 2.55. The van der Waals surface area contributed by atoms with Gasteiger partial charge in [0.2, 0.25) is 0 Å². The molecule has 106 valence electrons. The summed E-state index contributed by atoms with van der Waals surface area (Å²) in [6.07, 6.45) is 4.87. The van der Waals surface area contributed by atoms with E-state index in [4.69, 9.17) is 5.73 Å². The number of nitrogens with two attached hydrogens (primary N) is 1. The van der Waals surface area contributed by atoms with E-state index in [1.54, 1.807) is 0 Å². The molecule has 2 heteroatoms. The minimum absolute atomic E-state index is 0.162. The standard InChI is InChI=1S/C17H28N2/c1-4-15(18)14-9-7-8-10-16(14)19-12-11-17(5-2,6-3)13-19/h7-10,15H,4-6,11-13,18H2,1-3H3. The summed E-state index contributed by atoms with van der Waals surface area (Å²) in [6.45, 7) is 9.18. The molecule has 2 rings (SSSR count). The quantitative estimate of drug-likeness (QED) is 0.863. The van der Waals surface area contributed by atoms with E-state index in [0.29, 0.717) is 5.41 Å². The Balaban J connectivity index is 2.24. The van der Waals surface area contributed by atoms with E-state index in [0.717, 1.165) is 6.42 Å². The lowest BCUT2D eigenvalue weighted by Gasteiger charge is -2.29. The van der Waals surface area contributed by atoms with Crippen molar-refractivity contribution in [2.24, 2.45) is 11.1 Å². The van der Waals surface area contributed by atoms with Gasteiger partial charge in [0.15, 0.2) is 0 Å². The van der Waals surface area contributed by atoms with Gasteiger partial charge in [0.25, 0.3) is 0 Å². The number of rotatable bonds is 5. The highest BCUT2D eigenvalue weighted by atomic mass is 15.2. The van der Waals surface area contributed by atoms with E-state index in [1.807, 2.05) is 0 Å². The second-order valence-corrected chi connectivity index (χ2v) is 5.95. The summed E-state index contributed by atoms with van der Waals surface area (Å²) in [5.74, 6) is 0. The Kier molecular flexibility index (Phi) is 4.51. The van der Waals surface area contributed by atoms with Gasteiger partial charge < -0.3 is 10.6 Å². The second-order valence-electron chi connectivity index (χ2n) is 5.95. The van der Waals surface area contributed by atoms with Crippen LogP contribution in [0.5, 0.6) is 0 Å². The van der Waals surface area contributed by atoms with Gasteiger partial charge in [-0.2, -0.15) is 0 Å². The van der Waals surface area contributed by atoms with Crippen LogP contribution in [0.1, 0.15) is 58.1 Å². The van der Waals surface area contributed by atoms with Crippen LogP contribution in [0.2, 0.25) is 0 Å². The molecular formula is C17H28N2. The van der Waals surface area contributed by atoms with Crippen molar-refractivity contribution in [3.8, 4) is 0 Å². The molecule has 19 heavy (non-hydrogen) atoms. The Hall–Kier alpha value is -1.02. The maximum atomic E-state index is 6.27. The molecular weight excluding hydrogens is 232 g/mol. The van der Waals surface area contributed by atoms with Crippen LogP contribution in [0, 0.1) is 5.41 Å². The Morgan fingerprint density at radius 1 is 1.21 bits per heavy atom. The molecule has 1 atom stereocenters. The maximum absolute atomic E-state index is 6.27. The summed E-state index contributed by atoms with van der Waals surface area (Å²) in [6, 6.07) is 8.85. The smallest absolute Gasteiger partial charge is 0.0414 e. The van der Waals surface area contributed by atoms with Crippen molar-refractivity contribution in [2.45, 2.75) is 52.5 Å². The monoisotopic (exact) mass is 260 g/mol. The van der Waals surface area contributed by atoms with Gasteiger partial charge >= 0.3 is 0 Å². The van der Waals surface area contributed by atoms with Gasteiger partial charge in [-0.1, -0.05) is 39.0 Å². The fourth-order valence-electron chi connectivity index (χ4n) is 3.28. The van der Waals surface area contributed by atoms with Crippen LogP contribution in [0.3, 0.4) is 0 Å². The van der Waals surface area contributed by atoms with E-state index < -0.39 is 0 Å². The number of benzene rings is 1. The van der Waals surface area contributed by atoms with Gasteiger partial charge in [-0.05, 0) is 42.7 Å². The molecule has 0 saturated carbocycles. The van der Waals surface area contributed by atoms with Crippen molar-refractivity contribution in [1.82, 2.24) is 0 Å². The SMILES string of the molecule is CCC(N)c1ccccc1N1CCC(CC)(CC)C1. The first-order valence-electron chi connectivity index (χ1n) is 7.75. The van der Waals surface area contributed by atoms with Gasteiger partial charge in [-0.25, -0.2) is 0 Å². The lowest BCUT2D eigenvalue weighted by molar-refractivity contribution is 0.301. The molecule has 1 aliphatic heterocycles. The lowest BCUT2D eigenvalue weighted by Crippen LogP contribution is -2.27. The molecule has 0 aliphatic carbocycles. The van der Waals surface area contributed by atoms with Gasteiger partial charge in [0, 0.05) is 24.8 Å². The number of hydrogen-bond acceptors (Lipinski definition) is 2. The van der Waals surface area contributed by atoms with Crippen LogP contribution in [-0.2, 0) is 0 Å². The number of anilines is 1. The van der Waals surface area contributed by atoms with E-state index in [-0.39, 0.29) is 6.04 Å². The van der Waals surface area contributed by atoms with Crippen LogP contribution in [0.15, 0.2) is 24.3 Å². The lowest BCUT2D eigenvalue weighted by atomic mass is 9.82. The highest BCUT2D eigenvalue weighted by Crippen LogP contribution is 2.40. The van der Waals surface area contributed by atoms with Crippen LogP contribution >= 0.6 is 0 Å². The molecule has 2 nitrogen and oxygen atoms in total. The third-order valence-electron chi connectivity index (χ3n) is 5.06. The average molecular weight is 260 g/mol. The Bertz CT molecular complexity index is 409. The fraction of sp³-hybridized carbons (Fsp3) is 0.647. The number of nitrogens with zero attached hydrogens (tertiary/aromatic N) is 1. The molecule has 1 heterocycles. The molecule has 1 aromatic carbocycles. The van der Waals surface area contributed by atoms with Gasteiger partial charge in [-0.15, -0.1) is 0 Å². The number of para-hydroxylation sites is 1. The van der Waals surface area contributed by atoms with Crippen molar-refractivity contribution < 1.29 is 0 Å². The first kappa shape index (κ1) is 14.4. The predicted octanol–water partition coefficient (Wildman–Crippen LogP) is 4.11. The number of hydrogen-bond donors (Lipinski definition) is 1. The Morgan fingerprint density at radius 2 is 1.89 bits per heavy atom. The minimum atomic E-state index is 0.162. The topological polar surface area (TPSA) is 29.3 Å². The average Bonchev–Trinajstić information content (AvgIpc) is 2.91. The van der Waals surface area contributed by atoms with Crippen LogP contribution in [0.4, 0.5) is 5.69 Å². The normalized spacial score (nSPS) is 19.7. The molecule has 1 saturated heterocycles. The van der Waals surface area contributed by atoms with Gasteiger partial charge in [-0.3, -0.25) is 0 Å². The molecule has 0 radical (unpaired) electrons. The van der Waals surface area contributed by atoms with Crippen molar-refractivity contribution >= 4 is 5.69 Å². The van der Waals surface area contributed by atoms with Gasteiger partial charge in [0.1, 0.15) is 0 Å². The zero-order valence-corrected chi connectivity index (χ0v) is 12.7. The Morgan fingerprint density at radius 3 is 2.47 bits per heavy atom. The molecule has 1 fully saturated rings. The molecule has 2 N–H and O–H groups in total. The molecule has 1 aliphatic rings. The zero-order valence-electron chi connectivity index (χ0n) is 12.7. The minimum Gasteiger partial charge on any atom is -0.371 e. The first-order valence-corrected chi connectivity index (χ1v) is 7.75. The summed E-state index contributed by atoms with van der Waals surface area (Å²) in [5, 5.41) is 0. The predicted molar refractivity (Wildman–Crippen MR) is 83.5 cm³/mol. The van der Waals surface area contributed by atoms with E-state index in [2.05, 4.69) is 49.9 Å². The van der Waals surface area contributed by atoms with Crippen molar-refractivity contribution in [1.29, 1.82) is 0 Å². The summed E-state index contributed by atoms with van der Waals surface area (Å²) < 4.78 is 0. The summed E-state index contributed by atoms with van der Waals surface area (Å²) in [5.41, 5.74) is 9.46. The Labute approximate surface area is 118 Å². The third-order valence-corrected chi connectivity index (χ3v) is 5.06. The third kappa shape index (κ3) is 2.79. The van der Waals surface area contributed by atoms with Crippen LogP contribution in [-0.4, -0.2) is 13.1 Å². The summed E-state index contributed by atoms with van der Waals surface area (Å²) >= 11 is 0. The highest BCUT2D eigenvalue weighted by Gasteiger charge is 2.35. The van der Waals surface area contributed by atoms with Crippen LogP contribution < -0.4 is 10.6 Å². The van der Waals surface area contributed by atoms with Gasteiger partial charge in [0.05, 0.1) is 0 Å². The highest BCUT2D eigenvalue weighted by molar-refractivity contribution is 5.56. The zero-order chi connectivity index (χ0) is 13.9. The molecule has 0 spiro atoms.